The Morgan fingerprint density at radius 3 is 2.50 bits per heavy atom. The Kier molecular flexibility index (Phi) is 2.82. The highest BCUT2D eigenvalue weighted by atomic mass is 35.5. The molecule has 0 aromatic carbocycles. The molecule has 0 atom stereocenters. The summed E-state index contributed by atoms with van der Waals surface area (Å²) >= 11 is 0. The topological polar surface area (TPSA) is 54.9 Å². The zero-order valence-electron chi connectivity index (χ0n) is 4.70. The number of aromatic nitrogens is 2. The van der Waals surface area contributed by atoms with E-state index in [1.165, 1.54) is 0 Å². The molecule has 1 N–H and O–H groups in total. The van der Waals surface area contributed by atoms with Crippen molar-refractivity contribution < 1.29 is 4.48 Å². The predicted octanol–water partition coefficient (Wildman–Crippen LogP) is -0.309. The van der Waals surface area contributed by atoms with E-state index in [9.17, 15) is 14.1 Å². The van der Waals surface area contributed by atoms with Gasteiger partial charge in [-0.1, -0.05) is 9.27 Å². The molecule has 0 radical (unpaired) electrons. The van der Waals surface area contributed by atoms with Gasteiger partial charge in [-0.25, -0.2) is 4.79 Å². The Morgan fingerprint density at radius 1 is 1.50 bits per heavy atom. The van der Waals surface area contributed by atoms with Gasteiger partial charge in [0.05, 0.1) is 0 Å². The number of rotatable bonds is 0. The minimum Gasteiger partial charge on any atom is -0.312 e. The highest BCUT2D eigenvalue weighted by molar-refractivity contribution is 5.85. The predicted molar refractivity (Wildman–Crippen MR) is 35.1 cm³/mol. The van der Waals surface area contributed by atoms with Gasteiger partial charge in [-0.05, 0) is 0 Å². The summed E-state index contributed by atoms with van der Waals surface area (Å²) in [4.78, 5) is 21.9. The molecule has 1 rings (SSSR count). The van der Waals surface area contributed by atoms with Crippen LogP contribution in [0.2, 0.25) is 0 Å². The Bertz CT molecular complexity index is 289. The van der Waals surface area contributed by atoms with Gasteiger partial charge in [-0.2, -0.15) is 0 Å². The summed E-state index contributed by atoms with van der Waals surface area (Å²) in [5.74, 6) is 0. The van der Waals surface area contributed by atoms with Crippen molar-refractivity contribution in [2.24, 2.45) is 0 Å². The quantitative estimate of drug-likeness (QED) is 0.575. The monoisotopic (exact) mass is 166 g/mol. The first-order chi connectivity index (χ1) is 4.22. The molecule has 0 fully saturated rings. The van der Waals surface area contributed by atoms with Crippen molar-refractivity contribution in [1.29, 1.82) is 0 Å². The molecule has 0 aliphatic carbocycles. The number of hydrogen-bond acceptors (Lipinski definition) is 2. The molecule has 1 heterocycles. The van der Waals surface area contributed by atoms with Crippen LogP contribution in [0.3, 0.4) is 0 Å². The lowest BCUT2D eigenvalue weighted by atomic mass is 10.7. The summed E-state index contributed by atoms with van der Waals surface area (Å²) in [6.45, 7) is 0. The van der Waals surface area contributed by atoms with Gasteiger partial charge in [-0.3, -0.25) is 4.79 Å². The fraction of sp³-hybridized carbons (Fsp3) is 0. The molecule has 0 aliphatic heterocycles. The van der Waals surface area contributed by atoms with Crippen LogP contribution in [0.15, 0.2) is 21.9 Å². The minimum absolute atomic E-state index is 0. The molecule has 0 amide bonds. The van der Waals surface area contributed by atoms with Crippen LogP contribution in [0.5, 0.6) is 0 Å². The van der Waals surface area contributed by atoms with E-state index in [2.05, 4.69) is 0 Å². The maximum absolute atomic E-state index is 12.0. The highest BCUT2D eigenvalue weighted by Gasteiger charge is 1.93. The van der Waals surface area contributed by atoms with Gasteiger partial charge in [0.15, 0.2) is 0 Å². The maximum Gasteiger partial charge on any atom is 0.357 e. The van der Waals surface area contributed by atoms with Gasteiger partial charge in [0.2, 0.25) is 0 Å². The first-order valence-corrected chi connectivity index (χ1v) is 2.19. The van der Waals surface area contributed by atoms with Crippen LogP contribution in [0.25, 0.3) is 0 Å². The third-order valence-electron chi connectivity index (χ3n) is 0.805. The van der Waals surface area contributed by atoms with E-state index in [1.54, 1.807) is 0 Å². The fourth-order valence-corrected chi connectivity index (χ4v) is 0.406. The molecule has 0 aliphatic rings. The van der Waals surface area contributed by atoms with Crippen molar-refractivity contribution >= 4 is 12.4 Å². The average Bonchev–Trinajstić information content (AvgIpc) is 1.83. The van der Waals surface area contributed by atoms with Crippen molar-refractivity contribution in [3.05, 3.63) is 33.1 Å². The SMILES string of the molecule is Cl.O=c1cc[nH]c(=O)n1F. The molecule has 56 valence electrons. The average molecular weight is 167 g/mol. The fourth-order valence-electron chi connectivity index (χ4n) is 0.406. The van der Waals surface area contributed by atoms with E-state index >= 15 is 0 Å². The van der Waals surface area contributed by atoms with E-state index < -0.39 is 16.0 Å². The van der Waals surface area contributed by atoms with Gasteiger partial charge in [-0.15, -0.1) is 12.4 Å². The highest BCUT2D eigenvalue weighted by Crippen LogP contribution is 1.62. The van der Waals surface area contributed by atoms with Crippen molar-refractivity contribution in [1.82, 2.24) is 9.77 Å². The number of hydrogen-bond donors (Lipinski definition) is 1. The minimum atomic E-state index is -1.05. The Balaban J connectivity index is 0.000000810. The van der Waals surface area contributed by atoms with Gasteiger partial charge in [0.1, 0.15) is 0 Å². The largest absolute Gasteiger partial charge is 0.357 e. The lowest BCUT2D eigenvalue weighted by molar-refractivity contribution is 0.330. The number of H-pyrrole nitrogens is 1. The number of aromatic amines is 1. The molecule has 0 bridgehead atoms. The lowest BCUT2D eigenvalue weighted by Crippen LogP contribution is -2.28. The van der Waals surface area contributed by atoms with Crippen LogP contribution in [0, 0.1) is 0 Å². The summed E-state index contributed by atoms with van der Waals surface area (Å²) in [5.41, 5.74) is -2.01. The molecule has 0 unspecified atom stereocenters. The van der Waals surface area contributed by atoms with E-state index in [1.807, 2.05) is 4.98 Å². The van der Waals surface area contributed by atoms with E-state index in [4.69, 9.17) is 0 Å². The Morgan fingerprint density at radius 2 is 2.10 bits per heavy atom. The second-order valence-electron chi connectivity index (χ2n) is 1.40. The molecule has 4 nitrogen and oxygen atoms in total. The van der Waals surface area contributed by atoms with E-state index in [-0.39, 0.29) is 12.4 Å². The molecule has 1 aromatic heterocycles. The zero-order chi connectivity index (χ0) is 6.85. The van der Waals surface area contributed by atoms with Crippen LogP contribution in [-0.2, 0) is 0 Å². The van der Waals surface area contributed by atoms with Crippen molar-refractivity contribution in [3.63, 3.8) is 0 Å². The summed E-state index contributed by atoms with van der Waals surface area (Å²) in [6, 6.07) is 0.918. The molecular formula is C4H4ClFN2O2. The van der Waals surface area contributed by atoms with E-state index in [0.717, 1.165) is 12.3 Å². The van der Waals surface area contributed by atoms with Crippen LogP contribution in [-0.4, -0.2) is 9.77 Å². The summed E-state index contributed by atoms with van der Waals surface area (Å²) in [7, 11) is 0. The smallest absolute Gasteiger partial charge is 0.312 e. The van der Waals surface area contributed by atoms with Gasteiger partial charge in [0.25, 0.3) is 5.56 Å². The molecule has 10 heavy (non-hydrogen) atoms. The van der Waals surface area contributed by atoms with Crippen LogP contribution < -0.4 is 11.2 Å². The van der Waals surface area contributed by atoms with Crippen LogP contribution in [0.4, 0.5) is 4.48 Å². The first-order valence-electron chi connectivity index (χ1n) is 2.19. The summed E-state index contributed by atoms with van der Waals surface area (Å²) < 4.78 is 12.0. The number of nitrogens with one attached hydrogen (secondary N) is 1. The standard InChI is InChI=1S/C4H3FN2O2.ClH/c5-7-3(8)1-2-6-4(7)9;/h1-2H,(H,6,9);1H. The van der Waals surface area contributed by atoms with Crippen LogP contribution in [0.1, 0.15) is 0 Å². The van der Waals surface area contributed by atoms with Crippen molar-refractivity contribution in [2.75, 3.05) is 0 Å². The molecule has 0 saturated carbocycles. The summed E-state index contributed by atoms with van der Waals surface area (Å²) in [5, 5.41) is 0. The molecule has 1 aromatic rings. The van der Waals surface area contributed by atoms with Gasteiger partial charge >= 0.3 is 5.69 Å². The number of nitrogens with zero attached hydrogens (tertiary/aromatic N) is 1. The molecular weight excluding hydrogens is 163 g/mol. The first kappa shape index (κ1) is 8.90. The Labute approximate surface area is 60.7 Å². The van der Waals surface area contributed by atoms with Gasteiger partial charge < -0.3 is 4.98 Å². The van der Waals surface area contributed by atoms with Crippen molar-refractivity contribution in [2.45, 2.75) is 0 Å². The normalized spacial score (nSPS) is 8.50. The van der Waals surface area contributed by atoms with Crippen LogP contribution >= 0.6 is 12.4 Å². The molecule has 0 saturated heterocycles. The lowest BCUT2D eigenvalue weighted by Gasteiger charge is -1.83. The van der Waals surface area contributed by atoms with Crippen molar-refractivity contribution in [3.8, 4) is 0 Å². The zero-order valence-corrected chi connectivity index (χ0v) is 5.52. The molecule has 0 spiro atoms. The maximum atomic E-state index is 12.0. The third kappa shape index (κ3) is 1.44. The summed E-state index contributed by atoms with van der Waals surface area (Å²) in [6.07, 6.45) is 1.08. The van der Waals surface area contributed by atoms with E-state index in [0.29, 0.717) is 0 Å². The number of halogens is 2. The third-order valence-corrected chi connectivity index (χ3v) is 0.805. The molecule has 6 heteroatoms. The van der Waals surface area contributed by atoms with Gasteiger partial charge in [0, 0.05) is 12.3 Å². The Hall–Kier alpha value is -1.10. The second-order valence-corrected chi connectivity index (χ2v) is 1.40. The second kappa shape index (κ2) is 3.17.